The Morgan fingerprint density at radius 3 is 2.50 bits per heavy atom. The summed E-state index contributed by atoms with van der Waals surface area (Å²) in [6.45, 7) is 1.52. The Balaban J connectivity index is 1.32. The third-order valence-corrected chi connectivity index (χ3v) is 6.32. The first-order valence-corrected chi connectivity index (χ1v) is 10.2. The Morgan fingerprint density at radius 1 is 1.08 bits per heavy atom. The summed E-state index contributed by atoms with van der Waals surface area (Å²) >= 11 is 3.51. The maximum Gasteiger partial charge on any atom is 0.226 e. The zero-order chi connectivity index (χ0) is 18.1. The van der Waals surface area contributed by atoms with E-state index in [0.29, 0.717) is 11.8 Å². The molecule has 1 aliphatic heterocycles. The van der Waals surface area contributed by atoms with Crippen molar-refractivity contribution in [2.45, 2.75) is 31.3 Å². The van der Waals surface area contributed by atoms with Crippen molar-refractivity contribution in [1.82, 2.24) is 4.90 Å². The fraction of sp³-hybridized carbons (Fsp3) is 0.409. The maximum absolute atomic E-state index is 12.8. The van der Waals surface area contributed by atoms with E-state index in [0.717, 1.165) is 42.4 Å². The SMILES string of the molecule is O=C(C1CC1c1cccc(Br)c1)N1CCC(C(O)c2ccccc2)CC1. The van der Waals surface area contributed by atoms with E-state index in [2.05, 4.69) is 28.1 Å². The molecule has 0 radical (unpaired) electrons. The van der Waals surface area contributed by atoms with Gasteiger partial charge in [-0.2, -0.15) is 0 Å². The van der Waals surface area contributed by atoms with E-state index in [1.165, 1.54) is 5.56 Å². The zero-order valence-corrected chi connectivity index (χ0v) is 16.3. The summed E-state index contributed by atoms with van der Waals surface area (Å²) in [7, 11) is 0. The Bertz CT molecular complexity index is 771. The molecule has 4 heteroatoms. The van der Waals surface area contributed by atoms with Gasteiger partial charge in [0.1, 0.15) is 0 Å². The lowest BCUT2D eigenvalue weighted by molar-refractivity contribution is -0.134. The number of halogens is 1. The zero-order valence-electron chi connectivity index (χ0n) is 14.7. The van der Waals surface area contributed by atoms with Crippen molar-refractivity contribution in [2.24, 2.45) is 11.8 Å². The van der Waals surface area contributed by atoms with Crippen LogP contribution in [0.15, 0.2) is 59.1 Å². The summed E-state index contributed by atoms with van der Waals surface area (Å²) in [5.74, 6) is 1.04. The summed E-state index contributed by atoms with van der Waals surface area (Å²) < 4.78 is 1.07. The molecule has 26 heavy (non-hydrogen) atoms. The molecule has 2 aromatic carbocycles. The molecule has 3 unspecified atom stereocenters. The molecule has 2 aromatic rings. The summed E-state index contributed by atoms with van der Waals surface area (Å²) in [6.07, 6.45) is 2.28. The minimum atomic E-state index is -0.427. The molecule has 1 N–H and O–H groups in total. The largest absolute Gasteiger partial charge is 0.388 e. The molecule has 2 aliphatic rings. The van der Waals surface area contributed by atoms with Crippen LogP contribution in [-0.4, -0.2) is 29.0 Å². The average molecular weight is 414 g/mol. The van der Waals surface area contributed by atoms with Crippen LogP contribution in [0.4, 0.5) is 0 Å². The average Bonchev–Trinajstić information content (AvgIpc) is 3.49. The van der Waals surface area contributed by atoms with Crippen LogP contribution in [0.5, 0.6) is 0 Å². The number of carbonyl (C=O) groups excluding carboxylic acids is 1. The van der Waals surface area contributed by atoms with Gasteiger partial charge in [-0.25, -0.2) is 0 Å². The van der Waals surface area contributed by atoms with Gasteiger partial charge in [0, 0.05) is 23.5 Å². The predicted molar refractivity (Wildman–Crippen MR) is 106 cm³/mol. The van der Waals surface area contributed by atoms with E-state index in [1.807, 2.05) is 47.4 Å². The normalized spacial score (nSPS) is 24.3. The number of carbonyl (C=O) groups is 1. The molecule has 2 fully saturated rings. The topological polar surface area (TPSA) is 40.5 Å². The van der Waals surface area contributed by atoms with Crippen molar-refractivity contribution < 1.29 is 9.90 Å². The number of amides is 1. The highest BCUT2D eigenvalue weighted by Crippen LogP contribution is 2.49. The summed E-state index contributed by atoms with van der Waals surface area (Å²) in [4.78, 5) is 14.8. The first-order chi connectivity index (χ1) is 12.6. The highest BCUT2D eigenvalue weighted by Gasteiger charge is 2.46. The molecule has 1 heterocycles. The number of hydrogen-bond acceptors (Lipinski definition) is 2. The molecule has 0 aromatic heterocycles. The lowest BCUT2D eigenvalue weighted by atomic mass is 9.87. The van der Waals surface area contributed by atoms with Gasteiger partial charge in [0.05, 0.1) is 6.10 Å². The van der Waals surface area contributed by atoms with Crippen molar-refractivity contribution in [3.8, 4) is 0 Å². The third-order valence-electron chi connectivity index (χ3n) is 5.82. The van der Waals surface area contributed by atoms with Gasteiger partial charge in [0.15, 0.2) is 0 Å². The fourth-order valence-corrected chi connectivity index (χ4v) is 4.58. The van der Waals surface area contributed by atoms with Crippen LogP contribution >= 0.6 is 15.9 Å². The second kappa shape index (κ2) is 7.53. The first-order valence-electron chi connectivity index (χ1n) is 9.41. The quantitative estimate of drug-likeness (QED) is 0.799. The number of aliphatic hydroxyl groups excluding tert-OH is 1. The van der Waals surface area contributed by atoms with E-state index >= 15 is 0 Å². The number of likely N-dealkylation sites (tertiary alicyclic amines) is 1. The number of aliphatic hydroxyl groups is 1. The number of benzene rings is 2. The van der Waals surface area contributed by atoms with Crippen molar-refractivity contribution in [2.75, 3.05) is 13.1 Å². The monoisotopic (exact) mass is 413 g/mol. The summed E-state index contributed by atoms with van der Waals surface area (Å²) in [5.41, 5.74) is 2.24. The van der Waals surface area contributed by atoms with E-state index in [1.54, 1.807) is 0 Å². The van der Waals surface area contributed by atoms with Crippen molar-refractivity contribution >= 4 is 21.8 Å². The van der Waals surface area contributed by atoms with Gasteiger partial charge in [0.2, 0.25) is 5.91 Å². The lowest BCUT2D eigenvalue weighted by Crippen LogP contribution is -2.40. The summed E-state index contributed by atoms with van der Waals surface area (Å²) in [5, 5.41) is 10.6. The molecule has 3 nitrogen and oxygen atoms in total. The smallest absolute Gasteiger partial charge is 0.226 e. The molecular weight excluding hydrogens is 390 g/mol. The summed E-state index contributed by atoms with van der Waals surface area (Å²) in [6, 6.07) is 18.2. The van der Waals surface area contributed by atoms with Gasteiger partial charge in [-0.1, -0.05) is 58.4 Å². The van der Waals surface area contributed by atoms with Crippen LogP contribution in [0.1, 0.15) is 42.4 Å². The van der Waals surface area contributed by atoms with Gasteiger partial charge in [-0.3, -0.25) is 4.79 Å². The minimum Gasteiger partial charge on any atom is -0.388 e. The Hall–Kier alpha value is -1.65. The molecule has 1 aliphatic carbocycles. The van der Waals surface area contributed by atoms with E-state index in [-0.39, 0.29) is 11.8 Å². The molecule has 4 rings (SSSR count). The van der Waals surface area contributed by atoms with Gasteiger partial charge in [-0.05, 0) is 54.4 Å². The van der Waals surface area contributed by atoms with Crippen LogP contribution in [0.3, 0.4) is 0 Å². The third kappa shape index (κ3) is 3.72. The predicted octanol–water partition coefficient (Wildman–Crippen LogP) is 4.52. The van der Waals surface area contributed by atoms with Crippen LogP contribution in [0.2, 0.25) is 0 Å². The van der Waals surface area contributed by atoms with Crippen molar-refractivity contribution in [1.29, 1.82) is 0 Å². The van der Waals surface area contributed by atoms with Crippen molar-refractivity contribution in [3.63, 3.8) is 0 Å². The molecule has 1 saturated carbocycles. The van der Waals surface area contributed by atoms with Crippen LogP contribution < -0.4 is 0 Å². The van der Waals surface area contributed by atoms with E-state index < -0.39 is 6.10 Å². The van der Waals surface area contributed by atoms with E-state index in [4.69, 9.17) is 0 Å². The molecule has 1 amide bonds. The lowest BCUT2D eigenvalue weighted by Gasteiger charge is -2.34. The second-order valence-electron chi connectivity index (χ2n) is 7.52. The van der Waals surface area contributed by atoms with Crippen LogP contribution in [-0.2, 0) is 4.79 Å². The Morgan fingerprint density at radius 2 is 1.81 bits per heavy atom. The number of rotatable bonds is 4. The fourth-order valence-electron chi connectivity index (χ4n) is 4.17. The van der Waals surface area contributed by atoms with Crippen LogP contribution in [0, 0.1) is 11.8 Å². The van der Waals surface area contributed by atoms with Gasteiger partial charge in [0.25, 0.3) is 0 Å². The number of nitrogens with zero attached hydrogens (tertiary/aromatic N) is 1. The molecular formula is C22H24BrNO2. The maximum atomic E-state index is 12.8. The van der Waals surface area contributed by atoms with Gasteiger partial charge in [-0.15, -0.1) is 0 Å². The molecule has 136 valence electrons. The first kappa shape index (κ1) is 17.7. The van der Waals surface area contributed by atoms with Crippen LogP contribution in [0.25, 0.3) is 0 Å². The molecule has 0 bridgehead atoms. The van der Waals surface area contributed by atoms with Gasteiger partial charge >= 0.3 is 0 Å². The number of piperidine rings is 1. The highest BCUT2D eigenvalue weighted by atomic mass is 79.9. The molecule has 3 atom stereocenters. The van der Waals surface area contributed by atoms with Gasteiger partial charge < -0.3 is 10.0 Å². The van der Waals surface area contributed by atoms with Crippen molar-refractivity contribution in [3.05, 3.63) is 70.2 Å². The van der Waals surface area contributed by atoms with E-state index in [9.17, 15) is 9.90 Å². The minimum absolute atomic E-state index is 0.139. The molecule has 0 spiro atoms. The Labute approximate surface area is 163 Å². The Kier molecular flexibility index (Phi) is 5.14. The highest BCUT2D eigenvalue weighted by molar-refractivity contribution is 9.10. The number of hydrogen-bond donors (Lipinski definition) is 1. The standard InChI is InChI=1S/C22H24BrNO2/c23-18-8-4-7-17(13-18)19-14-20(19)22(26)24-11-9-16(10-12-24)21(25)15-5-2-1-3-6-15/h1-8,13,16,19-21,25H,9-12,14H2. The molecule has 1 saturated heterocycles. The second-order valence-corrected chi connectivity index (χ2v) is 8.44.